The molecule has 0 bridgehead atoms. The molecule has 8 rings (SSSR count). The zero-order chi connectivity index (χ0) is 47.7. The molecule has 0 aromatic carbocycles. The van der Waals surface area contributed by atoms with E-state index >= 15 is 0 Å². The molecule has 12 N–H and O–H groups in total. The van der Waals surface area contributed by atoms with Gasteiger partial charge in [-0.3, -0.25) is 0 Å². The summed E-state index contributed by atoms with van der Waals surface area (Å²) in [5, 5.41) is 127. The molecule has 3 saturated carbocycles. The molecule has 66 heavy (non-hydrogen) atoms. The van der Waals surface area contributed by atoms with Crippen molar-refractivity contribution in [2.75, 3.05) is 26.4 Å². The quantitative estimate of drug-likeness (QED) is 0.0719. The van der Waals surface area contributed by atoms with E-state index in [0.717, 1.165) is 43.3 Å². The molecule has 6 fully saturated rings. The normalized spacial score (nSPS) is 51.3. The second-order valence-electron chi connectivity index (χ2n) is 20.8. The van der Waals surface area contributed by atoms with Gasteiger partial charge >= 0.3 is 5.97 Å². The average molecular weight is 945 g/mol. The number of allylic oxidation sites excluding steroid dienone is 1. The zero-order valence-corrected chi connectivity index (χ0v) is 38.0. The van der Waals surface area contributed by atoms with Gasteiger partial charge in [-0.25, -0.2) is 4.79 Å². The summed E-state index contributed by atoms with van der Waals surface area (Å²) in [5.41, 5.74) is 1.82. The summed E-state index contributed by atoms with van der Waals surface area (Å²) in [5.74, 6) is 1.06. The third-order valence-corrected chi connectivity index (χ3v) is 17.5. The van der Waals surface area contributed by atoms with Gasteiger partial charge in [-0.15, -0.1) is 0 Å². The van der Waals surface area contributed by atoms with Crippen LogP contribution in [0.3, 0.4) is 0 Å². The number of hydrogen-bond acceptors (Lipinski definition) is 20. The molecule has 1 unspecified atom stereocenters. The highest BCUT2D eigenvalue weighted by molar-refractivity contribution is 5.90. The minimum absolute atomic E-state index is 0.0324. The van der Waals surface area contributed by atoms with Gasteiger partial charge in [0.05, 0.1) is 44.2 Å². The van der Waals surface area contributed by atoms with Crippen LogP contribution in [0, 0.1) is 40.4 Å². The van der Waals surface area contributed by atoms with Gasteiger partial charge in [0.2, 0.25) is 0 Å². The van der Waals surface area contributed by atoms with E-state index in [1.54, 1.807) is 0 Å². The molecule has 376 valence electrons. The third kappa shape index (κ3) is 8.76. The van der Waals surface area contributed by atoms with E-state index in [0.29, 0.717) is 36.2 Å². The molecule has 25 atom stereocenters. The maximum Gasteiger partial charge on any atom is 0.336 e. The van der Waals surface area contributed by atoms with Gasteiger partial charge in [0, 0.05) is 18.3 Å². The zero-order valence-electron chi connectivity index (χ0n) is 38.0. The number of aliphatic hydroxyl groups excluding tert-OH is 12. The second kappa shape index (κ2) is 19.8. The summed E-state index contributed by atoms with van der Waals surface area (Å²) in [7, 11) is 0. The fourth-order valence-electron chi connectivity index (χ4n) is 13.5. The van der Waals surface area contributed by atoms with Gasteiger partial charge in [0.15, 0.2) is 18.9 Å². The lowest BCUT2D eigenvalue weighted by atomic mass is 9.46. The Hall–Kier alpha value is -1.77. The van der Waals surface area contributed by atoms with Crippen LogP contribution in [0.4, 0.5) is 0 Å². The van der Waals surface area contributed by atoms with Crippen LogP contribution in [-0.2, 0) is 38.0 Å². The van der Waals surface area contributed by atoms with E-state index < -0.39 is 136 Å². The molecule has 0 amide bonds. The molecule has 0 radical (unpaired) electrons. The highest BCUT2D eigenvalue weighted by Gasteiger charge is 2.62. The Kier molecular flexibility index (Phi) is 15.2. The van der Waals surface area contributed by atoms with Crippen LogP contribution in [0.2, 0.25) is 0 Å². The maximum absolute atomic E-state index is 12.7. The Morgan fingerprint density at radius 1 is 0.727 bits per heavy atom. The van der Waals surface area contributed by atoms with Crippen molar-refractivity contribution in [1.82, 2.24) is 0 Å². The molecule has 3 saturated heterocycles. The van der Waals surface area contributed by atoms with Crippen molar-refractivity contribution in [3.8, 4) is 0 Å². The molecule has 20 nitrogen and oxygen atoms in total. The van der Waals surface area contributed by atoms with E-state index in [4.69, 9.17) is 33.2 Å². The third-order valence-electron chi connectivity index (χ3n) is 17.5. The van der Waals surface area contributed by atoms with Crippen LogP contribution >= 0.6 is 0 Å². The minimum atomic E-state index is -1.91. The standard InChI is InChI=1S/C46H72O20/c1-18-11-27(62-41(59)23(18)14-47)19(2)24-7-8-25-22-6-5-20-12-21(13-31(50)46(20,4)26(22)9-10-45(24,25)3)61-43-39(58)36(55)40(29(16-49)64-43)66-44-38(57)35(54)33(52)30(65-44)17-60-42-37(56)34(53)32(51)28(15-48)63-42/h5,19,21-22,24-40,42-44,47-58H,6-17H2,1-4H3/t19-,21+,22-,24+,25-,26-,27?,28+,29+,30+,31-,32+,33+,34-,35-,36+,37+,38+,39+,40+,42+,43+,44-,45+,46-/m0/s1. The first-order valence-corrected chi connectivity index (χ1v) is 23.7. The number of ether oxygens (including phenoxy) is 7. The van der Waals surface area contributed by atoms with E-state index in [1.165, 1.54) is 0 Å². The molecule has 0 spiro atoms. The number of hydrogen-bond donors (Lipinski definition) is 12. The molecule has 4 aliphatic carbocycles. The summed E-state index contributed by atoms with van der Waals surface area (Å²) in [6, 6.07) is 0. The Morgan fingerprint density at radius 3 is 2.02 bits per heavy atom. The number of esters is 1. The lowest BCUT2D eigenvalue weighted by molar-refractivity contribution is -0.368. The number of rotatable bonds is 12. The minimum Gasteiger partial charge on any atom is -0.458 e. The van der Waals surface area contributed by atoms with Crippen molar-refractivity contribution in [3.63, 3.8) is 0 Å². The van der Waals surface area contributed by atoms with Crippen LogP contribution in [0.5, 0.6) is 0 Å². The van der Waals surface area contributed by atoms with E-state index in [2.05, 4.69) is 26.8 Å². The van der Waals surface area contributed by atoms with Crippen LogP contribution < -0.4 is 0 Å². The SMILES string of the molecule is CC1=C(CO)C(=O)OC([C@@H](C)[C@H]2CC[C@H]3[C@@H]4CC=C5C[C@@H](O[C@@H]6O[C@H](CO)[C@@H](O[C@@H]7O[C@H](CO[C@@H]8O[C@H](CO)[C@@H](O)[C@H](O)[C@H]8O)[C@@H](O)[C@H](O)[C@H]7O)[C@H](O)[C@H]6O)C[C@H](O)[C@]5(C)[C@H]4CC[C@]23C)C1. The first kappa shape index (κ1) is 50.6. The van der Waals surface area contributed by atoms with Crippen LogP contribution in [0.15, 0.2) is 22.8 Å². The molecular weight excluding hydrogens is 872 g/mol. The largest absolute Gasteiger partial charge is 0.458 e. The molecule has 4 aliphatic heterocycles. The second-order valence-corrected chi connectivity index (χ2v) is 20.8. The molecular formula is C46H72O20. The summed E-state index contributed by atoms with van der Waals surface area (Å²) in [6.45, 7) is 6.22. The first-order valence-electron chi connectivity index (χ1n) is 23.7. The molecule has 20 heteroatoms. The van der Waals surface area contributed by atoms with Crippen molar-refractivity contribution in [2.24, 2.45) is 40.4 Å². The van der Waals surface area contributed by atoms with Crippen molar-refractivity contribution in [3.05, 3.63) is 22.8 Å². The van der Waals surface area contributed by atoms with Crippen molar-refractivity contribution in [2.45, 2.75) is 189 Å². The molecule has 0 aromatic rings. The van der Waals surface area contributed by atoms with Crippen LogP contribution in [-0.4, -0.2) is 204 Å². The van der Waals surface area contributed by atoms with Crippen LogP contribution in [0.25, 0.3) is 0 Å². The number of carbonyl (C=O) groups excluding carboxylic acids is 1. The summed E-state index contributed by atoms with van der Waals surface area (Å²) in [6.07, 6.45) is -18.2. The number of carbonyl (C=O) groups is 1. The summed E-state index contributed by atoms with van der Waals surface area (Å²) in [4.78, 5) is 12.7. The lowest BCUT2D eigenvalue weighted by Crippen LogP contribution is -2.65. The summed E-state index contributed by atoms with van der Waals surface area (Å²) >= 11 is 0. The predicted octanol–water partition coefficient (Wildman–Crippen LogP) is -2.37. The Bertz CT molecular complexity index is 1780. The van der Waals surface area contributed by atoms with Gasteiger partial charge in [-0.05, 0) is 80.5 Å². The lowest BCUT2D eigenvalue weighted by Gasteiger charge is -2.60. The van der Waals surface area contributed by atoms with Crippen molar-refractivity contribution in [1.29, 1.82) is 0 Å². The van der Waals surface area contributed by atoms with Gasteiger partial charge in [0.1, 0.15) is 79.4 Å². The maximum atomic E-state index is 12.7. The number of cyclic esters (lactones) is 1. The van der Waals surface area contributed by atoms with Gasteiger partial charge < -0.3 is 94.4 Å². The van der Waals surface area contributed by atoms with Crippen LogP contribution in [0.1, 0.15) is 79.1 Å². The smallest absolute Gasteiger partial charge is 0.336 e. The molecule has 4 heterocycles. The summed E-state index contributed by atoms with van der Waals surface area (Å²) < 4.78 is 40.5. The fourth-order valence-corrected chi connectivity index (χ4v) is 13.5. The van der Waals surface area contributed by atoms with Gasteiger partial charge in [0.25, 0.3) is 0 Å². The number of aliphatic hydroxyl groups is 12. The molecule has 8 aliphatic rings. The van der Waals surface area contributed by atoms with Crippen molar-refractivity contribution < 1.29 is 99.2 Å². The average Bonchev–Trinajstić information content (AvgIpc) is 3.65. The van der Waals surface area contributed by atoms with E-state index in [-0.39, 0.29) is 36.4 Å². The van der Waals surface area contributed by atoms with E-state index in [1.807, 2.05) is 6.92 Å². The fraction of sp³-hybridized carbons (Fsp3) is 0.891. The first-order chi connectivity index (χ1) is 31.3. The predicted molar refractivity (Wildman–Crippen MR) is 224 cm³/mol. The van der Waals surface area contributed by atoms with Gasteiger partial charge in [-0.2, -0.15) is 0 Å². The van der Waals surface area contributed by atoms with Gasteiger partial charge in [-0.1, -0.05) is 38.0 Å². The Balaban J connectivity index is 0.888. The Labute approximate surface area is 383 Å². The highest BCUT2D eigenvalue weighted by atomic mass is 16.8. The highest BCUT2D eigenvalue weighted by Crippen LogP contribution is 2.67. The molecule has 0 aromatic heterocycles. The van der Waals surface area contributed by atoms with E-state index in [9.17, 15) is 66.1 Å². The van der Waals surface area contributed by atoms with Crippen molar-refractivity contribution >= 4 is 5.97 Å². The topological polar surface area (TPSA) is 324 Å². The Morgan fingerprint density at radius 2 is 1.35 bits per heavy atom. The monoisotopic (exact) mass is 944 g/mol. The number of fused-ring (bicyclic) bond motifs is 5.